The fourth-order valence-corrected chi connectivity index (χ4v) is 12.5. The van der Waals surface area contributed by atoms with E-state index in [-0.39, 0.29) is 50.9 Å². The standard InChI is InChI=1S/C76H92F2N2O7S/c1-14-15-45-76(54-75(9,10)74(6,7)8,72(88(12)13)87-49-20-47-84-67-40-27-56(28-41-67)29-44-70(81)83-11)69(53-73(3,4)5)71(82)86-48-19-46-85-68-42-38-63(39-43-68)79(65-25-17-22-59(77)51-65)61-34-30-57(31-35-61)58-32-36-62(37-33-58)80(64-24-16-21-55(2)50-64)66-26-18-23-60(78)52-66/h16-18,21-44,50-52,69H,14-15,19-20,45-49,53-54H2,1-13H3. The van der Waals surface area contributed by atoms with E-state index in [2.05, 4.69) is 105 Å². The minimum Gasteiger partial charge on any atom is -0.494 e. The summed E-state index contributed by atoms with van der Waals surface area (Å²) in [6.45, 7) is 23.8. The molecule has 2 unspecified atom stereocenters. The number of benzene rings is 7. The Morgan fingerprint density at radius 2 is 1.03 bits per heavy atom. The minimum atomic E-state index is -0.622. The van der Waals surface area contributed by atoms with E-state index in [0.29, 0.717) is 50.5 Å². The van der Waals surface area contributed by atoms with Crippen LogP contribution in [0.25, 0.3) is 17.2 Å². The Morgan fingerprint density at radius 1 is 0.568 bits per heavy atom. The Labute approximate surface area is 526 Å². The highest BCUT2D eigenvalue weighted by atomic mass is 32.2. The second-order valence-electron chi connectivity index (χ2n) is 25.9. The van der Waals surface area contributed by atoms with E-state index in [1.807, 2.05) is 120 Å². The van der Waals surface area contributed by atoms with Crippen LogP contribution in [0.5, 0.6) is 11.5 Å². The van der Waals surface area contributed by atoms with Gasteiger partial charge in [-0.1, -0.05) is 136 Å². The lowest BCUT2D eigenvalue weighted by atomic mass is 9.55. The molecule has 7 aromatic carbocycles. The van der Waals surface area contributed by atoms with Gasteiger partial charge in [-0.15, -0.1) is 0 Å². The fraction of sp³-hybridized carbons (Fsp3) is 0.382. The maximum Gasteiger partial charge on any atom is 0.330 e. The molecule has 0 aliphatic rings. The minimum absolute atomic E-state index is 0.0834. The predicted molar refractivity (Wildman–Crippen MR) is 362 cm³/mol. The molecule has 0 saturated carbocycles. The number of anilines is 6. The number of nitrogens with zero attached hydrogens (tertiary/aromatic N) is 2. The molecule has 0 aromatic heterocycles. The average Bonchev–Trinajstić information content (AvgIpc) is 1.01. The molecule has 0 fully saturated rings. The van der Waals surface area contributed by atoms with Gasteiger partial charge >= 0.3 is 11.9 Å². The first kappa shape index (κ1) is 68.0. The number of methoxy groups -OCH3 is 1. The Morgan fingerprint density at radius 3 is 1.49 bits per heavy atom. The largest absolute Gasteiger partial charge is 0.494 e. The molecular formula is C76H92F2N2O7S. The number of rotatable bonds is 28. The van der Waals surface area contributed by atoms with Crippen molar-refractivity contribution in [3.8, 4) is 22.6 Å². The smallest absolute Gasteiger partial charge is 0.330 e. The summed E-state index contributed by atoms with van der Waals surface area (Å²) in [5.41, 5.74) is 7.73. The zero-order valence-corrected chi connectivity index (χ0v) is 54.9. The molecule has 0 heterocycles. The molecule has 0 saturated heterocycles. The Hall–Kier alpha value is -7.54. The van der Waals surface area contributed by atoms with Gasteiger partial charge < -0.3 is 33.5 Å². The fourth-order valence-electron chi connectivity index (χ4n) is 11.1. The van der Waals surface area contributed by atoms with Gasteiger partial charge in [0.05, 0.1) is 44.5 Å². The first-order valence-corrected chi connectivity index (χ1v) is 32.8. The highest BCUT2D eigenvalue weighted by Gasteiger charge is 2.53. The molecule has 0 N–H and O–H groups in total. The van der Waals surface area contributed by atoms with Crippen LogP contribution in [-0.4, -0.2) is 63.0 Å². The van der Waals surface area contributed by atoms with E-state index in [4.69, 9.17) is 23.7 Å². The number of ether oxygens (including phenoxy) is 5. The van der Waals surface area contributed by atoms with Gasteiger partial charge in [-0.25, -0.2) is 13.6 Å². The van der Waals surface area contributed by atoms with Crippen molar-refractivity contribution in [1.82, 2.24) is 0 Å². The van der Waals surface area contributed by atoms with Gasteiger partial charge in [-0.2, -0.15) is 10.5 Å². The van der Waals surface area contributed by atoms with Gasteiger partial charge in [0, 0.05) is 58.5 Å². The van der Waals surface area contributed by atoms with Gasteiger partial charge in [0.1, 0.15) is 23.1 Å². The molecular weight excluding hydrogens is 1120 g/mol. The van der Waals surface area contributed by atoms with Crippen LogP contribution in [0.2, 0.25) is 0 Å². The van der Waals surface area contributed by atoms with E-state index in [1.54, 1.807) is 24.3 Å². The molecule has 9 nitrogen and oxygen atoms in total. The third kappa shape index (κ3) is 18.7. The van der Waals surface area contributed by atoms with Gasteiger partial charge in [0.2, 0.25) is 0 Å². The summed E-state index contributed by atoms with van der Waals surface area (Å²) in [6.07, 6.45) is 12.7. The molecule has 2 atom stereocenters. The molecule has 468 valence electrons. The average molecular weight is 1220 g/mol. The van der Waals surface area contributed by atoms with Crippen molar-refractivity contribution in [2.45, 2.75) is 114 Å². The number of halogens is 2. The number of esters is 2. The van der Waals surface area contributed by atoms with Gasteiger partial charge in [0.15, 0.2) is 0 Å². The monoisotopic (exact) mass is 1210 g/mol. The van der Waals surface area contributed by atoms with Crippen LogP contribution in [0.15, 0.2) is 176 Å². The number of unbranched alkanes of at least 4 members (excludes halogenated alkanes) is 1. The van der Waals surface area contributed by atoms with E-state index in [9.17, 15) is 13.6 Å². The molecule has 88 heavy (non-hydrogen) atoms. The van der Waals surface area contributed by atoms with Gasteiger partial charge in [-0.05, 0) is 192 Å². The molecule has 0 bridgehead atoms. The van der Waals surface area contributed by atoms with E-state index < -0.39 is 17.3 Å². The van der Waals surface area contributed by atoms with Crippen molar-refractivity contribution in [3.05, 3.63) is 199 Å². The SMILES string of the molecule is CCCCC(CC(C)(C)C(C)(C)C)(C(OCCCOc1ccc(C=CC(=O)OC)cc1)=S(C)C)C(CC(C)(C)C)C(=O)OCCCOc1ccc(N(c2ccc(-c3ccc(N(c4cccc(C)c4)c4cccc(F)c4)cc3)cc2)c2cccc(F)c2)cc1. The van der Waals surface area contributed by atoms with Crippen molar-refractivity contribution in [3.63, 3.8) is 0 Å². The van der Waals surface area contributed by atoms with Gasteiger partial charge in [0.25, 0.3) is 0 Å². The molecule has 0 radical (unpaired) electrons. The molecule has 0 amide bonds. The number of hydrogen-bond acceptors (Lipinski definition) is 9. The number of carbonyl (C=O) groups is 2. The summed E-state index contributed by atoms with van der Waals surface area (Å²) in [7, 11) is 1.03. The first-order chi connectivity index (χ1) is 41.9. The molecule has 0 aliphatic carbocycles. The van der Waals surface area contributed by atoms with Crippen molar-refractivity contribution >= 4 is 67.7 Å². The van der Waals surface area contributed by atoms with Crippen molar-refractivity contribution in [2.24, 2.45) is 27.6 Å². The highest BCUT2D eigenvalue weighted by Crippen LogP contribution is 2.55. The van der Waals surface area contributed by atoms with Crippen LogP contribution in [0.4, 0.5) is 42.9 Å². The second-order valence-corrected chi connectivity index (χ2v) is 27.9. The molecule has 7 aromatic rings. The summed E-state index contributed by atoms with van der Waals surface area (Å²) in [5, 5.41) is 0.985. The molecule has 0 aliphatic heterocycles. The van der Waals surface area contributed by atoms with E-state index in [0.717, 1.165) is 87.2 Å². The third-order valence-electron chi connectivity index (χ3n) is 16.5. The number of aryl methyl sites for hydroxylation is 1. The number of carbonyl (C=O) groups excluding carboxylic acids is 2. The predicted octanol–water partition coefficient (Wildman–Crippen LogP) is 20.2. The Bertz CT molecular complexity index is 3390. The summed E-state index contributed by atoms with van der Waals surface area (Å²) in [6, 6.07) is 53.0. The van der Waals surface area contributed by atoms with Crippen LogP contribution in [0.1, 0.15) is 118 Å². The Kier molecular flexibility index (Phi) is 24.0. The molecule has 7 rings (SSSR count). The quantitative estimate of drug-likeness (QED) is 0.0206. The lowest BCUT2D eigenvalue weighted by molar-refractivity contribution is -0.155. The second kappa shape index (κ2) is 31.1. The molecule has 0 spiro atoms. The van der Waals surface area contributed by atoms with Crippen LogP contribution >= 0.6 is 10.5 Å². The van der Waals surface area contributed by atoms with E-state index >= 15 is 4.79 Å². The first-order valence-electron chi connectivity index (χ1n) is 30.7. The highest BCUT2D eigenvalue weighted by molar-refractivity contribution is 8.14. The molecule has 12 heteroatoms. The summed E-state index contributed by atoms with van der Waals surface area (Å²) < 4.78 is 60.1. The summed E-state index contributed by atoms with van der Waals surface area (Å²) in [5.74, 6) is -0.356. The van der Waals surface area contributed by atoms with Crippen LogP contribution in [-0.2, 0) is 23.8 Å². The van der Waals surface area contributed by atoms with Crippen molar-refractivity contribution in [2.75, 3.05) is 55.8 Å². The Balaban J connectivity index is 1.04. The van der Waals surface area contributed by atoms with Crippen LogP contribution in [0, 0.1) is 46.1 Å². The lowest BCUT2D eigenvalue weighted by Crippen LogP contribution is -2.50. The van der Waals surface area contributed by atoms with Crippen LogP contribution in [0.3, 0.4) is 0 Å². The maximum absolute atomic E-state index is 15.1. The van der Waals surface area contributed by atoms with Crippen molar-refractivity contribution < 1.29 is 42.1 Å². The lowest BCUT2D eigenvalue weighted by Gasteiger charge is -2.51. The summed E-state index contributed by atoms with van der Waals surface area (Å²) >= 11 is 0. The number of hydrogen-bond donors (Lipinski definition) is 0. The van der Waals surface area contributed by atoms with Gasteiger partial charge in [-0.3, -0.25) is 4.79 Å². The zero-order chi connectivity index (χ0) is 63.7. The van der Waals surface area contributed by atoms with E-state index in [1.165, 1.54) is 31.4 Å². The topological polar surface area (TPSA) is 86.8 Å². The zero-order valence-electron chi connectivity index (χ0n) is 54.1. The third-order valence-corrected chi connectivity index (χ3v) is 17.7. The van der Waals surface area contributed by atoms with Crippen LogP contribution < -0.4 is 19.3 Å². The normalized spacial score (nSPS) is 13.0. The van der Waals surface area contributed by atoms with Crippen molar-refractivity contribution in [1.29, 1.82) is 0 Å². The maximum atomic E-state index is 15.1. The summed E-state index contributed by atoms with van der Waals surface area (Å²) in [4.78, 5) is 30.8.